The zero-order chi connectivity index (χ0) is 13.0. The molecule has 2 rings (SSSR count). The van der Waals surface area contributed by atoms with Gasteiger partial charge in [0, 0.05) is 25.0 Å². The van der Waals surface area contributed by atoms with Gasteiger partial charge in [-0.05, 0) is 36.9 Å². The van der Waals surface area contributed by atoms with E-state index in [-0.39, 0.29) is 0 Å². The quantitative estimate of drug-likeness (QED) is 0.772. The molecule has 2 heteroatoms. The third-order valence-corrected chi connectivity index (χ3v) is 3.68. The molecule has 0 amide bonds. The first-order valence-electron chi connectivity index (χ1n) is 7.18. The van der Waals surface area contributed by atoms with Crippen LogP contribution in [0.1, 0.15) is 37.8 Å². The van der Waals surface area contributed by atoms with Gasteiger partial charge in [-0.15, -0.1) is 0 Å². The summed E-state index contributed by atoms with van der Waals surface area (Å²) >= 11 is 0. The van der Waals surface area contributed by atoms with Crippen LogP contribution in [0, 0.1) is 5.92 Å². The van der Waals surface area contributed by atoms with E-state index in [2.05, 4.69) is 55.7 Å². The number of hydrogen-bond donors (Lipinski definition) is 2. The zero-order valence-electron chi connectivity index (χ0n) is 11.9. The predicted molar refractivity (Wildman–Crippen MR) is 78.1 cm³/mol. The molecule has 0 heterocycles. The van der Waals surface area contributed by atoms with E-state index in [0.29, 0.717) is 6.04 Å². The summed E-state index contributed by atoms with van der Waals surface area (Å²) in [5.41, 5.74) is 3.09. The lowest BCUT2D eigenvalue weighted by Crippen LogP contribution is -2.41. The normalized spacial score (nSPS) is 19.4. The number of benzene rings is 1. The van der Waals surface area contributed by atoms with Crippen LogP contribution in [0.25, 0.3) is 0 Å². The van der Waals surface area contributed by atoms with Gasteiger partial charge in [0.1, 0.15) is 0 Å². The minimum Gasteiger partial charge on any atom is -0.315 e. The lowest BCUT2D eigenvalue weighted by molar-refractivity contribution is 0.443. The van der Waals surface area contributed by atoms with Gasteiger partial charge in [-0.25, -0.2) is 0 Å². The van der Waals surface area contributed by atoms with Gasteiger partial charge in [-0.3, -0.25) is 0 Å². The molecule has 2 N–H and O–H groups in total. The van der Waals surface area contributed by atoms with Gasteiger partial charge < -0.3 is 10.6 Å². The first-order valence-corrected chi connectivity index (χ1v) is 7.18. The Morgan fingerprint density at radius 1 is 1.17 bits per heavy atom. The highest BCUT2D eigenvalue weighted by molar-refractivity contribution is 5.40. The Morgan fingerprint density at radius 2 is 1.94 bits per heavy atom. The second-order valence-corrected chi connectivity index (χ2v) is 5.96. The van der Waals surface area contributed by atoms with E-state index in [4.69, 9.17) is 0 Å². The third kappa shape index (κ3) is 3.56. The van der Waals surface area contributed by atoms with E-state index in [9.17, 15) is 0 Å². The highest BCUT2D eigenvalue weighted by atomic mass is 15.0. The summed E-state index contributed by atoms with van der Waals surface area (Å²) in [6.45, 7) is 10.0. The van der Waals surface area contributed by atoms with Gasteiger partial charge in [-0.2, -0.15) is 0 Å². The van der Waals surface area contributed by atoms with Crippen molar-refractivity contribution >= 4 is 0 Å². The maximum Gasteiger partial charge on any atom is 0.0164 e. The van der Waals surface area contributed by atoms with Gasteiger partial charge in [0.05, 0.1) is 0 Å². The van der Waals surface area contributed by atoms with Crippen LogP contribution < -0.4 is 10.6 Å². The molecular formula is C16H26N2. The molecule has 2 nitrogen and oxygen atoms in total. The molecule has 0 bridgehead atoms. The van der Waals surface area contributed by atoms with Crippen LogP contribution in [-0.4, -0.2) is 25.7 Å². The Morgan fingerprint density at radius 3 is 2.67 bits per heavy atom. The van der Waals surface area contributed by atoms with Gasteiger partial charge in [0.2, 0.25) is 0 Å². The highest BCUT2D eigenvalue weighted by Crippen LogP contribution is 2.33. The molecule has 0 aromatic heterocycles. The van der Waals surface area contributed by atoms with Gasteiger partial charge in [0.15, 0.2) is 0 Å². The van der Waals surface area contributed by atoms with Crippen molar-refractivity contribution in [3.63, 3.8) is 0 Å². The molecule has 100 valence electrons. The Balaban J connectivity index is 1.64. The molecule has 2 atom stereocenters. The molecule has 0 aliphatic heterocycles. The molecule has 0 saturated heterocycles. The SMILES string of the molecule is CC(C)CNCC(C)NCC1Cc2ccccc21. The fraction of sp³-hybridized carbons (Fsp3) is 0.625. The van der Waals surface area contributed by atoms with Crippen molar-refractivity contribution in [3.05, 3.63) is 35.4 Å². The molecule has 1 aliphatic rings. The summed E-state index contributed by atoms with van der Waals surface area (Å²) < 4.78 is 0. The van der Waals surface area contributed by atoms with Gasteiger partial charge in [-0.1, -0.05) is 38.1 Å². The minimum atomic E-state index is 0.552. The number of fused-ring (bicyclic) bond motifs is 1. The van der Waals surface area contributed by atoms with Crippen LogP contribution in [-0.2, 0) is 6.42 Å². The smallest absolute Gasteiger partial charge is 0.0164 e. The first-order chi connectivity index (χ1) is 8.66. The van der Waals surface area contributed by atoms with Crippen molar-refractivity contribution in [1.82, 2.24) is 10.6 Å². The summed E-state index contributed by atoms with van der Waals surface area (Å²) in [5, 5.41) is 7.14. The van der Waals surface area contributed by atoms with Crippen molar-refractivity contribution in [3.8, 4) is 0 Å². The lowest BCUT2D eigenvalue weighted by Gasteiger charge is -2.31. The minimum absolute atomic E-state index is 0.552. The van der Waals surface area contributed by atoms with Crippen molar-refractivity contribution in [2.24, 2.45) is 5.92 Å². The van der Waals surface area contributed by atoms with Crippen molar-refractivity contribution < 1.29 is 0 Å². The van der Waals surface area contributed by atoms with Crippen LogP contribution in [0.15, 0.2) is 24.3 Å². The third-order valence-electron chi connectivity index (χ3n) is 3.68. The Labute approximate surface area is 111 Å². The van der Waals surface area contributed by atoms with E-state index in [0.717, 1.165) is 31.5 Å². The van der Waals surface area contributed by atoms with Crippen LogP contribution >= 0.6 is 0 Å². The molecule has 0 spiro atoms. The molecule has 0 radical (unpaired) electrons. The van der Waals surface area contributed by atoms with Crippen LogP contribution in [0.2, 0.25) is 0 Å². The average Bonchev–Trinajstić information content (AvgIpc) is 2.30. The van der Waals surface area contributed by atoms with E-state index in [1.807, 2.05) is 0 Å². The monoisotopic (exact) mass is 246 g/mol. The maximum absolute atomic E-state index is 3.64. The second-order valence-electron chi connectivity index (χ2n) is 5.96. The fourth-order valence-electron chi connectivity index (χ4n) is 2.55. The summed E-state index contributed by atoms with van der Waals surface area (Å²) in [4.78, 5) is 0. The average molecular weight is 246 g/mol. The predicted octanol–water partition coefficient (Wildman–Crippen LogP) is 2.55. The van der Waals surface area contributed by atoms with Crippen LogP contribution in [0.3, 0.4) is 0 Å². The van der Waals surface area contributed by atoms with E-state index >= 15 is 0 Å². The van der Waals surface area contributed by atoms with E-state index in [1.54, 1.807) is 5.56 Å². The number of rotatable bonds is 7. The van der Waals surface area contributed by atoms with E-state index < -0.39 is 0 Å². The van der Waals surface area contributed by atoms with Gasteiger partial charge >= 0.3 is 0 Å². The molecule has 1 aromatic rings. The second kappa shape index (κ2) is 6.35. The summed E-state index contributed by atoms with van der Waals surface area (Å²) in [5.74, 6) is 1.46. The standard InChI is InChI=1S/C16H26N2/c1-12(2)9-17-10-13(3)18-11-15-8-14-6-4-5-7-16(14)15/h4-7,12-13,15,17-18H,8-11H2,1-3H3. The molecule has 2 unspecified atom stereocenters. The maximum atomic E-state index is 3.64. The van der Waals surface area contributed by atoms with Gasteiger partial charge in [0.25, 0.3) is 0 Å². The molecule has 0 fully saturated rings. The van der Waals surface area contributed by atoms with Crippen molar-refractivity contribution in [2.45, 2.75) is 39.2 Å². The Hall–Kier alpha value is -0.860. The Kier molecular flexibility index (Phi) is 4.79. The topological polar surface area (TPSA) is 24.1 Å². The fourth-order valence-corrected chi connectivity index (χ4v) is 2.55. The van der Waals surface area contributed by atoms with Crippen LogP contribution in [0.5, 0.6) is 0 Å². The molecule has 0 saturated carbocycles. The highest BCUT2D eigenvalue weighted by Gasteiger charge is 2.25. The zero-order valence-corrected chi connectivity index (χ0v) is 11.9. The lowest BCUT2D eigenvalue weighted by atomic mass is 9.77. The van der Waals surface area contributed by atoms with Crippen molar-refractivity contribution in [2.75, 3.05) is 19.6 Å². The van der Waals surface area contributed by atoms with Crippen molar-refractivity contribution in [1.29, 1.82) is 0 Å². The molecular weight excluding hydrogens is 220 g/mol. The van der Waals surface area contributed by atoms with E-state index in [1.165, 1.54) is 12.0 Å². The summed E-state index contributed by atoms with van der Waals surface area (Å²) in [7, 11) is 0. The largest absolute Gasteiger partial charge is 0.315 e. The Bertz CT molecular complexity index is 373. The summed E-state index contributed by atoms with van der Waals surface area (Å²) in [6.07, 6.45) is 1.25. The first kappa shape index (κ1) is 13.6. The summed E-state index contributed by atoms with van der Waals surface area (Å²) in [6, 6.07) is 9.36. The molecule has 1 aromatic carbocycles. The van der Waals surface area contributed by atoms with Crippen LogP contribution in [0.4, 0.5) is 0 Å². The molecule has 18 heavy (non-hydrogen) atoms. The molecule has 1 aliphatic carbocycles. The number of hydrogen-bond acceptors (Lipinski definition) is 2. The number of nitrogens with one attached hydrogen (secondary N) is 2.